The maximum absolute atomic E-state index is 12.0. The molecule has 1 saturated heterocycles. The van der Waals surface area contributed by atoms with Gasteiger partial charge in [-0.1, -0.05) is 13.8 Å². The van der Waals surface area contributed by atoms with Gasteiger partial charge in [0.1, 0.15) is 11.8 Å². The Bertz CT molecular complexity index is 714. The molecule has 0 saturated carbocycles. The Morgan fingerprint density at radius 2 is 2.25 bits per heavy atom. The van der Waals surface area contributed by atoms with Crippen molar-refractivity contribution in [2.75, 3.05) is 19.0 Å². The van der Waals surface area contributed by atoms with Crippen LogP contribution in [-0.4, -0.2) is 36.6 Å². The number of carbonyl (C=O) groups is 2. The number of amides is 3. The lowest BCUT2D eigenvalue weighted by Crippen LogP contribution is -2.38. The molecule has 134 valence electrons. The van der Waals surface area contributed by atoms with Crippen LogP contribution in [0.4, 0.5) is 10.5 Å². The van der Waals surface area contributed by atoms with Crippen molar-refractivity contribution in [1.82, 2.24) is 15.6 Å². The number of aromatic nitrogens is 1. The molecule has 2 aromatic rings. The van der Waals surface area contributed by atoms with Gasteiger partial charge in [-0.25, -0.2) is 9.78 Å². The van der Waals surface area contributed by atoms with Gasteiger partial charge >= 0.3 is 6.03 Å². The molecule has 1 aliphatic rings. The molecule has 24 heavy (non-hydrogen) atoms. The SMILES string of the molecule is CC.COc1cc(NC(=O)C2CNC(=O)N2)ccc1-c1cnco1.[HH].[HH].[HH]. The first-order chi connectivity index (χ1) is 11.7. The van der Waals surface area contributed by atoms with Crippen molar-refractivity contribution in [2.24, 2.45) is 0 Å². The number of ether oxygens (including phenoxy) is 1. The second-order valence-electron chi connectivity index (χ2n) is 4.68. The van der Waals surface area contributed by atoms with Gasteiger partial charge in [0.25, 0.3) is 0 Å². The van der Waals surface area contributed by atoms with E-state index in [1.54, 1.807) is 24.4 Å². The summed E-state index contributed by atoms with van der Waals surface area (Å²) in [5.41, 5.74) is 1.29. The standard InChI is InChI=1S/C14H14N4O4.C2H6.3H2/c1-21-11-4-8(2-3-9(11)12-6-15-7-22-12)17-13(19)10-5-16-14(20)18-10;1-2;;;/h2-4,6-7,10H,5H2,1H3,(H,17,19)(H2,16,18,20);1-2H3;3*1H. The van der Waals surface area contributed by atoms with Crippen molar-refractivity contribution in [2.45, 2.75) is 19.9 Å². The van der Waals surface area contributed by atoms with E-state index in [0.29, 0.717) is 17.2 Å². The van der Waals surface area contributed by atoms with Gasteiger partial charge in [0, 0.05) is 22.6 Å². The quantitative estimate of drug-likeness (QED) is 0.795. The predicted molar refractivity (Wildman–Crippen MR) is 95.1 cm³/mol. The average Bonchev–Trinajstić information content (AvgIpc) is 3.28. The number of rotatable bonds is 4. The van der Waals surface area contributed by atoms with Crippen molar-refractivity contribution in [3.8, 4) is 17.1 Å². The topological polar surface area (TPSA) is 105 Å². The molecule has 8 nitrogen and oxygen atoms in total. The van der Waals surface area contributed by atoms with Gasteiger partial charge in [-0.3, -0.25) is 4.79 Å². The molecular weight excluding hydrogens is 312 g/mol. The smallest absolute Gasteiger partial charge is 0.315 e. The van der Waals surface area contributed by atoms with Crippen molar-refractivity contribution in [1.29, 1.82) is 0 Å². The number of oxazole rings is 1. The van der Waals surface area contributed by atoms with Gasteiger partial charge in [-0.05, 0) is 12.1 Å². The Morgan fingerprint density at radius 1 is 1.46 bits per heavy atom. The van der Waals surface area contributed by atoms with Crippen LogP contribution in [0, 0.1) is 0 Å². The van der Waals surface area contributed by atoms with Gasteiger partial charge in [0.15, 0.2) is 12.2 Å². The average molecular weight is 338 g/mol. The molecule has 1 aromatic carbocycles. The number of anilines is 1. The molecule has 3 amide bonds. The zero-order valence-electron chi connectivity index (χ0n) is 13.8. The van der Waals surface area contributed by atoms with Crippen molar-refractivity contribution in [3.05, 3.63) is 30.8 Å². The van der Waals surface area contributed by atoms with Crippen LogP contribution in [0.3, 0.4) is 0 Å². The summed E-state index contributed by atoms with van der Waals surface area (Å²) in [6.45, 7) is 4.26. The molecule has 3 N–H and O–H groups in total. The zero-order valence-corrected chi connectivity index (χ0v) is 13.8. The van der Waals surface area contributed by atoms with Crippen LogP contribution < -0.4 is 20.7 Å². The van der Waals surface area contributed by atoms with Gasteiger partial charge in [0.05, 0.1) is 18.9 Å². The van der Waals surface area contributed by atoms with E-state index in [1.165, 1.54) is 13.5 Å². The molecule has 2 heterocycles. The first kappa shape index (κ1) is 17.3. The molecule has 3 rings (SSSR count). The molecular formula is C16H26N4O4. The van der Waals surface area contributed by atoms with Crippen LogP contribution in [0.5, 0.6) is 5.75 Å². The summed E-state index contributed by atoms with van der Waals surface area (Å²) in [6.07, 6.45) is 2.91. The van der Waals surface area contributed by atoms with Gasteiger partial charge in [-0.15, -0.1) is 0 Å². The first-order valence-corrected chi connectivity index (χ1v) is 7.59. The van der Waals surface area contributed by atoms with Crippen LogP contribution in [0.1, 0.15) is 18.1 Å². The Kier molecular flexibility index (Phi) is 5.78. The summed E-state index contributed by atoms with van der Waals surface area (Å²) in [5.74, 6) is 0.818. The molecule has 0 spiro atoms. The number of hydrogen-bond donors (Lipinski definition) is 3. The summed E-state index contributed by atoms with van der Waals surface area (Å²) < 4.78 is 10.6. The molecule has 1 unspecified atom stereocenters. The van der Waals surface area contributed by atoms with E-state index in [0.717, 1.165) is 5.56 Å². The van der Waals surface area contributed by atoms with E-state index in [4.69, 9.17) is 9.15 Å². The third-order valence-corrected chi connectivity index (χ3v) is 3.26. The number of nitrogens with one attached hydrogen (secondary N) is 3. The third-order valence-electron chi connectivity index (χ3n) is 3.26. The highest BCUT2D eigenvalue weighted by molar-refractivity contribution is 5.99. The Labute approximate surface area is 144 Å². The first-order valence-electron chi connectivity index (χ1n) is 7.59. The summed E-state index contributed by atoms with van der Waals surface area (Å²) in [5, 5.41) is 7.78. The fourth-order valence-corrected chi connectivity index (χ4v) is 2.16. The number of nitrogens with zero attached hydrogens (tertiary/aromatic N) is 1. The summed E-state index contributed by atoms with van der Waals surface area (Å²) in [6, 6.07) is 4.23. The van der Waals surface area contributed by atoms with Crippen molar-refractivity contribution in [3.63, 3.8) is 0 Å². The van der Waals surface area contributed by atoms with Gasteiger partial charge in [0.2, 0.25) is 5.91 Å². The molecule has 1 aromatic heterocycles. The minimum Gasteiger partial charge on any atom is -0.496 e. The Balaban J connectivity index is 0. The molecule has 1 aliphatic heterocycles. The number of hydrogen-bond acceptors (Lipinski definition) is 5. The lowest BCUT2D eigenvalue weighted by molar-refractivity contribution is -0.117. The zero-order chi connectivity index (χ0) is 17.5. The Hall–Kier alpha value is -3.03. The summed E-state index contributed by atoms with van der Waals surface area (Å²) in [7, 11) is 1.53. The van der Waals surface area contributed by atoms with E-state index >= 15 is 0 Å². The van der Waals surface area contributed by atoms with Crippen LogP contribution in [-0.2, 0) is 4.79 Å². The molecule has 1 fully saturated rings. The van der Waals surface area contributed by atoms with Gasteiger partial charge < -0.3 is 25.1 Å². The van der Waals surface area contributed by atoms with Crippen LogP contribution >= 0.6 is 0 Å². The monoisotopic (exact) mass is 338 g/mol. The molecule has 0 bridgehead atoms. The fourth-order valence-electron chi connectivity index (χ4n) is 2.16. The number of methoxy groups -OCH3 is 1. The number of urea groups is 1. The minimum absolute atomic E-state index is 0. The van der Waals surface area contributed by atoms with Gasteiger partial charge in [-0.2, -0.15) is 0 Å². The summed E-state index contributed by atoms with van der Waals surface area (Å²) >= 11 is 0. The largest absolute Gasteiger partial charge is 0.496 e. The second-order valence-corrected chi connectivity index (χ2v) is 4.68. The molecule has 0 radical (unpaired) electrons. The molecule has 1 atom stereocenters. The molecule has 0 aliphatic carbocycles. The van der Waals surface area contributed by atoms with Crippen molar-refractivity contribution < 1.29 is 23.0 Å². The van der Waals surface area contributed by atoms with Crippen LogP contribution in [0.15, 0.2) is 35.2 Å². The predicted octanol–water partition coefficient (Wildman–Crippen LogP) is 2.73. The molecule has 8 heteroatoms. The second kappa shape index (κ2) is 8.00. The van der Waals surface area contributed by atoms with E-state index < -0.39 is 6.04 Å². The lowest BCUT2D eigenvalue weighted by Gasteiger charge is -2.12. The minimum atomic E-state index is -0.590. The van der Waals surface area contributed by atoms with Crippen LogP contribution in [0.25, 0.3) is 11.3 Å². The summed E-state index contributed by atoms with van der Waals surface area (Å²) in [4.78, 5) is 27.0. The Morgan fingerprint density at radius 3 is 2.83 bits per heavy atom. The van der Waals surface area contributed by atoms with E-state index in [1.807, 2.05) is 13.8 Å². The lowest BCUT2D eigenvalue weighted by atomic mass is 10.1. The van der Waals surface area contributed by atoms with E-state index in [9.17, 15) is 9.59 Å². The van der Waals surface area contributed by atoms with Crippen molar-refractivity contribution >= 4 is 17.6 Å². The number of carbonyl (C=O) groups excluding carboxylic acids is 2. The van der Waals surface area contributed by atoms with Crippen LogP contribution in [0.2, 0.25) is 0 Å². The van der Waals surface area contributed by atoms with E-state index in [2.05, 4.69) is 20.9 Å². The normalized spacial score (nSPS) is 15.6. The van der Waals surface area contributed by atoms with E-state index in [-0.39, 0.29) is 22.8 Å². The highest BCUT2D eigenvalue weighted by Crippen LogP contribution is 2.32. The number of benzene rings is 1. The maximum atomic E-state index is 12.0. The third kappa shape index (κ3) is 3.83. The fraction of sp³-hybridized carbons (Fsp3) is 0.312. The highest BCUT2D eigenvalue weighted by Gasteiger charge is 2.26. The highest BCUT2D eigenvalue weighted by atomic mass is 16.5. The maximum Gasteiger partial charge on any atom is 0.315 e.